The fourth-order valence-corrected chi connectivity index (χ4v) is 2.78. The Labute approximate surface area is 136 Å². The average molecular weight is 329 g/mol. The first-order valence-electron chi connectivity index (χ1n) is 7.47. The van der Waals surface area contributed by atoms with Crippen LogP contribution in [0.3, 0.4) is 0 Å². The van der Waals surface area contributed by atoms with E-state index >= 15 is 0 Å². The van der Waals surface area contributed by atoms with E-state index in [4.69, 9.17) is 21.4 Å². The van der Waals surface area contributed by atoms with E-state index in [9.17, 15) is 9.59 Å². The number of nitrogens with zero attached hydrogens (tertiary/aromatic N) is 2. The number of hydrogen-bond acceptors (Lipinski definition) is 5. The molecule has 0 aromatic carbocycles. The minimum atomic E-state index is -0.844. The van der Waals surface area contributed by atoms with Crippen LogP contribution in [-0.2, 0) is 9.53 Å². The van der Waals surface area contributed by atoms with Gasteiger partial charge in [-0.05, 0) is 40.0 Å². The van der Waals surface area contributed by atoms with Gasteiger partial charge in [0, 0.05) is 19.6 Å². The van der Waals surface area contributed by atoms with Crippen molar-refractivity contribution in [2.75, 3.05) is 13.6 Å². The van der Waals surface area contributed by atoms with E-state index in [0.29, 0.717) is 19.3 Å². The summed E-state index contributed by atoms with van der Waals surface area (Å²) in [6, 6.07) is -0.210. The Bertz CT molecular complexity index is 488. The Morgan fingerprint density at radius 1 is 1.43 bits per heavy atom. The molecule has 23 heavy (non-hydrogen) atoms. The van der Waals surface area contributed by atoms with Crippen LogP contribution in [0.25, 0.3) is 0 Å². The molecule has 1 unspecified atom stereocenters. The maximum atomic E-state index is 11.9. The van der Waals surface area contributed by atoms with Crippen molar-refractivity contribution in [1.82, 2.24) is 10.2 Å². The van der Waals surface area contributed by atoms with Crippen molar-refractivity contribution in [2.24, 2.45) is 22.0 Å². The molecule has 0 spiro atoms. The summed E-state index contributed by atoms with van der Waals surface area (Å²) in [5.41, 5.74) is 9.66. The molecule has 9 heteroatoms. The zero-order valence-corrected chi connectivity index (χ0v) is 14.1. The van der Waals surface area contributed by atoms with E-state index in [1.807, 2.05) is 0 Å². The van der Waals surface area contributed by atoms with Gasteiger partial charge in [0.2, 0.25) is 11.9 Å². The van der Waals surface area contributed by atoms with Crippen molar-refractivity contribution in [3.8, 4) is 0 Å². The van der Waals surface area contributed by atoms with Gasteiger partial charge >= 0.3 is 6.09 Å². The van der Waals surface area contributed by atoms with Gasteiger partial charge < -0.3 is 31.6 Å². The Hall–Kier alpha value is -2.19. The van der Waals surface area contributed by atoms with Crippen LogP contribution >= 0.6 is 0 Å². The second-order valence-corrected chi connectivity index (χ2v) is 7.04. The summed E-state index contributed by atoms with van der Waals surface area (Å²) in [4.78, 5) is 25.2. The van der Waals surface area contributed by atoms with Crippen LogP contribution in [-0.4, -0.2) is 53.3 Å². The number of oxime groups is 1. The lowest BCUT2D eigenvalue weighted by Crippen LogP contribution is -2.48. The average Bonchev–Trinajstić information content (AvgIpc) is 2.79. The number of primary amides is 1. The standard InChI is InChI=1S/C14H27N5O4/c1-13(2,3)23-12(21)17-9-5-6-14(7-9,10(15)20)8-19(4)11(16)18-22/h9,22H,5-8H2,1-4H3,(H2,15,20)(H2,16,18)(H,17,21)/t9?,14-/m0/s1. The van der Waals surface area contributed by atoms with E-state index in [-0.39, 0.29) is 18.5 Å². The number of carbonyl (C=O) groups is 2. The monoisotopic (exact) mass is 329 g/mol. The SMILES string of the molecule is CN(C[C@]1(C(N)=O)CCC(NC(=O)OC(C)(C)C)C1)/C(N)=N/O. The van der Waals surface area contributed by atoms with Crippen LogP contribution in [0.5, 0.6) is 0 Å². The van der Waals surface area contributed by atoms with Crippen LogP contribution < -0.4 is 16.8 Å². The van der Waals surface area contributed by atoms with Gasteiger partial charge in [0.25, 0.3) is 0 Å². The first kappa shape index (κ1) is 18.9. The molecule has 1 rings (SSSR count). The van der Waals surface area contributed by atoms with Crippen molar-refractivity contribution in [3.05, 3.63) is 0 Å². The third-order valence-corrected chi connectivity index (χ3v) is 3.89. The van der Waals surface area contributed by atoms with Crippen molar-refractivity contribution in [2.45, 2.75) is 51.7 Å². The van der Waals surface area contributed by atoms with Gasteiger partial charge in [-0.1, -0.05) is 5.16 Å². The topological polar surface area (TPSA) is 143 Å². The third-order valence-electron chi connectivity index (χ3n) is 3.89. The second kappa shape index (κ2) is 6.93. The normalized spacial score (nSPS) is 25.0. The molecule has 1 fully saturated rings. The number of ether oxygens (including phenoxy) is 1. The molecular weight excluding hydrogens is 302 g/mol. The lowest BCUT2D eigenvalue weighted by molar-refractivity contribution is -0.128. The molecule has 0 aromatic rings. The minimum Gasteiger partial charge on any atom is -0.444 e. The molecular formula is C14H27N5O4. The first-order chi connectivity index (χ1) is 10.5. The molecule has 132 valence electrons. The van der Waals surface area contributed by atoms with Crippen molar-refractivity contribution >= 4 is 18.0 Å². The zero-order chi connectivity index (χ0) is 17.8. The van der Waals surface area contributed by atoms with Crippen molar-refractivity contribution < 1.29 is 19.5 Å². The van der Waals surface area contributed by atoms with Crippen LogP contribution in [0, 0.1) is 5.41 Å². The second-order valence-electron chi connectivity index (χ2n) is 7.04. The number of carbonyl (C=O) groups excluding carboxylic acids is 2. The van der Waals surface area contributed by atoms with Gasteiger partial charge in [0.15, 0.2) is 0 Å². The van der Waals surface area contributed by atoms with Crippen LogP contribution in [0.4, 0.5) is 4.79 Å². The molecule has 9 nitrogen and oxygen atoms in total. The van der Waals surface area contributed by atoms with Gasteiger partial charge in [-0.25, -0.2) is 4.79 Å². The number of nitrogens with one attached hydrogen (secondary N) is 1. The van der Waals surface area contributed by atoms with Gasteiger partial charge in [-0.15, -0.1) is 0 Å². The summed E-state index contributed by atoms with van der Waals surface area (Å²) in [6.07, 6.45) is 0.968. The Kier molecular flexibility index (Phi) is 5.68. The van der Waals surface area contributed by atoms with Gasteiger partial charge in [0.05, 0.1) is 5.41 Å². The predicted octanol–water partition coefficient (Wildman–Crippen LogP) is 0.171. The highest BCUT2D eigenvalue weighted by Crippen LogP contribution is 2.38. The highest BCUT2D eigenvalue weighted by Gasteiger charge is 2.45. The molecule has 1 saturated carbocycles. The maximum Gasteiger partial charge on any atom is 0.407 e. The Morgan fingerprint density at radius 3 is 2.52 bits per heavy atom. The zero-order valence-electron chi connectivity index (χ0n) is 14.1. The molecule has 6 N–H and O–H groups in total. The molecule has 1 aliphatic carbocycles. The fourth-order valence-electron chi connectivity index (χ4n) is 2.78. The Morgan fingerprint density at radius 2 is 2.04 bits per heavy atom. The van der Waals surface area contributed by atoms with E-state index in [2.05, 4.69) is 10.5 Å². The Balaban J connectivity index is 2.72. The number of rotatable bonds is 4. The summed E-state index contributed by atoms with van der Waals surface area (Å²) < 4.78 is 5.22. The van der Waals surface area contributed by atoms with Crippen molar-refractivity contribution in [1.29, 1.82) is 0 Å². The number of guanidine groups is 1. The lowest BCUT2D eigenvalue weighted by atomic mass is 9.84. The van der Waals surface area contributed by atoms with Gasteiger partial charge in [0.1, 0.15) is 5.60 Å². The quantitative estimate of drug-likeness (QED) is 0.250. The predicted molar refractivity (Wildman–Crippen MR) is 84.7 cm³/mol. The third kappa shape index (κ3) is 5.19. The van der Waals surface area contributed by atoms with E-state index < -0.39 is 23.0 Å². The first-order valence-corrected chi connectivity index (χ1v) is 7.47. The minimum absolute atomic E-state index is 0.103. The fraction of sp³-hybridized carbons (Fsp3) is 0.786. The number of amides is 2. The molecule has 1 aliphatic rings. The van der Waals surface area contributed by atoms with Gasteiger partial charge in [-0.3, -0.25) is 4.79 Å². The molecule has 0 aliphatic heterocycles. The molecule has 0 heterocycles. The maximum absolute atomic E-state index is 11.9. The lowest BCUT2D eigenvalue weighted by Gasteiger charge is -2.31. The molecule has 2 amide bonds. The van der Waals surface area contributed by atoms with Gasteiger partial charge in [-0.2, -0.15) is 0 Å². The summed E-state index contributed by atoms with van der Waals surface area (Å²) in [5.74, 6) is -0.572. The van der Waals surface area contributed by atoms with Crippen LogP contribution in [0.1, 0.15) is 40.0 Å². The molecule has 0 saturated heterocycles. The summed E-state index contributed by atoms with van der Waals surface area (Å²) >= 11 is 0. The largest absolute Gasteiger partial charge is 0.444 e. The molecule has 2 atom stereocenters. The van der Waals surface area contributed by atoms with E-state index in [1.54, 1.807) is 27.8 Å². The highest BCUT2D eigenvalue weighted by atomic mass is 16.6. The van der Waals surface area contributed by atoms with E-state index in [0.717, 1.165) is 0 Å². The molecule has 0 aromatic heterocycles. The highest BCUT2D eigenvalue weighted by molar-refractivity contribution is 5.83. The molecule has 0 bridgehead atoms. The van der Waals surface area contributed by atoms with Crippen LogP contribution in [0.2, 0.25) is 0 Å². The number of alkyl carbamates (subject to hydrolysis) is 1. The summed E-state index contributed by atoms with van der Waals surface area (Å²) in [5, 5.41) is 14.4. The molecule has 0 radical (unpaired) electrons. The number of nitrogens with two attached hydrogens (primary N) is 2. The number of hydrogen-bond donors (Lipinski definition) is 4. The summed E-state index contributed by atoms with van der Waals surface area (Å²) in [6.45, 7) is 5.55. The van der Waals surface area contributed by atoms with E-state index in [1.165, 1.54) is 4.90 Å². The smallest absolute Gasteiger partial charge is 0.407 e. The van der Waals surface area contributed by atoms with Crippen LogP contribution in [0.15, 0.2) is 5.16 Å². The van der Waals surface area contributed by atoms with Crippen molar-refractivity contribution in [3.63, 3.8) is 0 Å². The summed E-state index contributed by atoms with van der Waals surface area (Å²) in [7, 11) is 1.61.